The first kappa shape index (κ1) is 15.9. The van der Waals surface area contributed by atoms with Gasteiger partial charge in [0.2, 0.25) is 0 Å². The second kappa shape index (κ2) is 8.14. The highest BCUT2D eigenvalue weighted by atomic mass is 16.4. The standard InChI is InChI=1S/C14H21N3O3/c1-3-5-11(8-13(18)19)17-14(20)15-9-12-7-4-6-10(2)16-12/h4,6-7,11H,3,5,8-9H2,1-2H3,(H,18,19)(H2,15,17,20). The molecule has 6 heteroatoms. The molecule has 0 aliphatic carbocycles. The molecule has 6 nitrogen and oxygen atoms in total. The number of carboxylic acid groups (broad SMARTS) is 1. The van der Waals surface area contributed by atoms with Crippen molar-refractivity contribution >= 4 is 12.0 Å². The number of aromatic nitrogens is 1. The van der Waals surface area contributed by atoms with E-state index in [2.05, 4.69) is 15.6 Å². The summed E-state index contributed by atoms with van der Waals surface area (Å²) >= 11 is 0. The minimum Gasteiger partial charge on any atom is -0.481 e. The van der Waals surface area contributed by atoms with E-state index in [1.165, 1.54) is 0 Å². The van der Waals surface area contributed by atoms with Gasteiger partial charge in [-0.15, -0.1) is 0 Å². The van der Waals surface area contributed by atoms with E-state index in [0.29, 0.717) is 13.0 Å². The molecule has 20 heavy (non-hydrogen) atoms. The van der Waals surface area contributed by atoms with E-state index >= 15 is 0 Å². The van der Waals surface area contributed by atoms with Crippen LogP contribution in [0.2, 0.25) is 0 Å². The zero-order valence-corrected chi connectivity index (χ0v) is 11.8. The Labute approximate surface area is 118 Å². The molecule has 0 fully saturated rings. The number of nitrogens with zero attached hydrogens (tertiary/aromatic N) is 1. The van der Waals surface area contributed by atoms with Crippen LogP contribution in [0.4, 0.5) is 4.79 Å². The van der Waals surface area contributed by atoms with Gasteiger partial charge in [0.25, 0.3) is 0 Å². The second-order valence-electron chi connectivity index (χ2n) is 4.68. The summed E-state index contributed by atoms with van der Waals surface area (Å²) in [6, 6.07) is 4.87. The Bertz CT molecular complexity index is 463. The molecule has 0 aromatic carbocycles. The lowest BCUT2D eigenvalue weighted by molar-refractivity contribution is -0.137. The third-order valence-corrected chi connectivity index (χ3v) is 2.77. The second-order valence-corrected chi connectivity index (χ2v) is 4.68. The fourth-order valence-electron chi connectivity index (χ4n) is 1.89. The number of carboxylic acids is 1. The average Bonchev–Trinajstić information content (AvgIpc) is 2.36. The van der Waals surface area contributed by atoms with E-state index in [-0.39, 0.29) is 18.5 Å². The van der Waals surface area contributed by atoms with Crippen molar-refractivity contribution in [3.63, 3.8) is 0 Å². The Balaban J connectivity index is 2.43. The molecule has 0 aliphatic heterocycles. The van der Waals surface area contributed by atoms with Crippen LogP contribution in [-0.4, -0.2) is 28.1 Å². The monoisotopic (exact) mass is 279 g/mol. The van der Waals surface area contributed by atoms with Crippen molar-refractivity contribution in [2.45, 2.75) is 45.7 Å². The first-order chi connectivity index (χ1) is 9.51. The first-order valence-electron chi connectivity index (χ1n) is 6.70. The number of carbonyl (C=O) groups excluding carboxylic acids is 1. The molecule has 0 spiro atoms. The average molecular weight is 279 g/mol. The van der Waals surface area contributed by atoms with Crippen molar-refractivity contribution in [3.8, 4) is 0 Å². The van der Waals surface area contributed by atoms with Gasteiger partial charge in [0.1, 0.15) is 0 Å². The van der Waals surface area contributed by atoms with Crippen LogP contribution in [0.1, 0.15) is 37.6 Å². The van der Waals surface area contributed by atoms with E-state index in [1.807, 2.05) is 32.0 Å². The van der Waals surface area contributed by atoms with Crippen LogP contribution in [0.5, 0.6) is 0 Å². The van der Waals surface area contributed by atoms with E-state index in [4.69, 9.17) is 5.11 Å². The van der Waals surface area contributed by atoms with Crippen molar-refractivity contribution in [1.29, 1.82) is 0 Å². The SMILES string of the molecule is CCCC(CC(=O)O)NC(=O)NCc1cccc(C)n1. The zero-order valence-electron chi connectivity index (χ0n) is 11.8. The molecular weight excluding hydrogens is 258 g/mol. The molecule has 2 amide bonds. The molecule has 1 rings (SSSR count). The van der Waals surface area contributed by atoms with Gasteiger partial charge >= 0.3 is 12.0 Å². The van der Waals surface area contributed by atoms with Gasteiger partial charge < -0.3 is 15.7 Å². The number of carbonyl (C=O) groups is 2. The maximum absolute atomic E-state index is 11.7. The molecule has 1 aromatic heterocycles. The molecule has 3 N–H and O–H groups in total. The number of aryl methyl sites for hydroxylation is 1. The van der Waals surface area contributed by atoms with Crippen molar-refractivity contribution < 1.29 is 14.7 Å². The third-order valence-electron chi connectivity index (χ3n) is 2.77. The Morgan fingerprint density at radius 3 is 2.75 bits per heavy atom. The van der Waals surface area contributed by atoms with Gasteiger partial charge in [0, 0.05) is 11.7 Å². The molecule has 0 aliphatic rings. The largest absolute Gasteiger partial charge is 0.481 e. The van der Waals surface area contributed by atoms with Gasteiger partial charge in [-0.2, -0.15) is 0 Å². The first-order valence-corrected chi connectivity index (χ1v) is 6.70. The van der Waals surface area contributed by atoms with Crippen molar-refractivity contribution in [2.75, 3.05) is 0 Å². The number of pyridine rings is 1. The number of amides is 2. The van der Waals surface area contributed by atoms with Gasteiger partial charge in [-0.1, -0.05) is 19.4 Å². The summed E-state index contributed by atoms with van der Waals surface area (Å²) in [5, 5.41) is 14.1. The quantitative estimate of drug-likeness (QED) is 0.710. The van der Waals surface area contributed by atoms with Gasteiger partial charge in [0.05, 0.1) is 18.7 Å². The lowest BCUT2D eigenvalue weighted by Gasteiger charge is -2.16. The number of hydrogen-bond acceptors (Lipinski definition) is 3. The zero-order chi connectivity index (χ0) is 15.0. The number of urea groups is 1. The molecule has 1 aromatic rings. The maximum atomic E-state index is 11.7. The van der Waals surface area contributed by atoms with Crippen LogP contribution < -0.4 is 10.6 Å². The molecule has 0 bridgehead atoms. The molecule has 1 unspecified atom stereocenters. The normalized spacial score (nSPS) is 11.7. The van der Waals surface area contributed by atoms with E-state index in [9.17, 15) is 9.59 Å². The molecule has 1 heterocycles. The summed E-state index contributed by atoms with van der Waals surface area (Å²) in [5.41, 5.74) is 1.66. The summed E-state index contributed by atoms with van der Waals surface area (Å²) in [6.45, 7) is 4.15. The Hall–Kier alpha value is -2.11. The topological polar surface area (TPSA) is 91.3 Å². The Morgan fingerprint density at radius 1 is 1.40 bits per heavy atom. The predicted molar refractivity (Wildman–Crippen MR) is 75.3 cm³/mol. The molecular formula is C14H21N3O3. The maximum Gasteiger partial charge on any atom is 0.315 e. The molecule has 0 saturated carbocycles. The van der Waals surface area contributed by atoms with Crippen LogP contribution in [0.3, 0.4) is 0 Å². The number of rotatable bonds is 7. The lowest BCUT2D eigenvalue weighted by Crippen LogP contribution is -2.42. The van der Waals surface area contributed by atoms with Crippen LogP contribution >= 0.6 is 0 Å². The van der Waals surface area contributed by atoms with Crippen LogP contribution in [0, 0.1) is 6.92 Å². The highest BCUT2D eigenvalue weighted by Gasteiger charge is 2.14. The summed E-state index contributed by atoms with van der Waals surface area (Å²) in [6.07, 6.45) is 1.39. The smallest absolute Gasteiger partial charge is 0.315 e. The molecule has 110 valence electrons. The van der Waals surface area contributed by atoms with Gasteiger partial charge in [-0.3, -0.25) is 9.78 Å². The molecule has 0 saturated heterocycles. The number of aliphatic carboxylic acids is 1. The molecule has 0 radical (unpaired) electrons. The summed E-state index contributed by atoms with van der Waals surface area (Å²) in [7, 11) is 0. The highest BCUT2D eigenvalue weighted by molar-refractivity contribution is 5.75. The predicted octanol–water partition coefficient (Wildman–Crippen LogP) is 1.83. The number of hydrogen-bond donors (Lipinski definition) is 3. The van der Waals surface area contributed by atoms with Gasteiger partial charge in [-0.25, -0.2) is 4.79 Å². The fraction of sp³-hybridized carbons (Fsp3) is 0.500. The Morgan fingerprint density at radius 2 is 2.15 bits per heavy atom. The highest BCUT2D eigenvalue weighted by Crippen LogP contribution is 2.02. The van der Waals surface area contributed by atoms with Crippen LogP contribution in [-0.2, 0) is 11.3 Å². The van der Waals surface area contributed by atoms with Crippen molar-refractivity contribution in [1.82, 2.24) is 15.6 Å². The van der Waals surface area contributed by atoms with E-state index < -0.39 is 5.97 Å². The van der Waals surface area contributed by atoms with Gasteiger partial charge in [0.15, 0.2) is 0 Å². The molecule has 1 atom stereocenters. The minimum absolute atomic E-state index is 0.0655. The van der Waals surface area contributed by atoms with E-state index in [1.54, 1.807) is 0 Å². The minimum atomic E-state index is -0.913. The van der Waals surface area contributed by atoms with Crippen molar-refractivity contribution in [2.24, 2.45) is 0 Å². The summed E-state index contributed by atoms with van der Waals surface area (Å²) < 4.78 is 0. The summed E-state index contributed by atoms with van der Waals surface area (Å²) in [4.78, 5) is 26.7. The number of nitrogens with one attached hydrogen (secondary N) is 2. The van der Waals surface area contributed by atoms with E-state index in [0.717, 1.165) is 17.8 Å². The summed E-state index contributed by atoms with van der Waals surface area (Å²) in [5.74, 6) is -0.913. The fourth-order valence-corrected chi connectivity index (χ4v) is 1.89. The Kier molecular flexibility index (Phi) is 6.49. The lowest BCUT2D eigenvalue weighted by atomic mass is 10.1. The van der Waals surface area contributed by atoms with Gasteiger partial charge in [-0.05, 0) is 25.5 Å². The third kappa shape index (κ3) is 6.17. The van der Waals surface area contributed by atoms with Crippen LogP contribution in [0.25, 0.3) is 0 Å². The van der Waals surface area contributed by atoms with Crippen molar-refractivity contribution in [3.05, 3.63) is 29.6 Å². The van der Waals surface area contributed by atoms with Crippen LogP contribution in [0.15, 0.2) is 18.2 Å².